The Labute approximate surface area is 150 Å². The van der Waals surface area contributed by atoms with Crippen molar-refractivity contribution < 1.29 is 18.7 Å². The summed E-state index contributed by atoms with van der Waals surface area (Å²) in [6.45, 7) is 2.23. The zero-order valence-corrected chi connectivity index (χ0v) is 14.3. The lowest BCUT2D eigenvalue weighted by molar-refractivity contribution is -0.126. The predicted octanol–water partition coefficient (Wildman–Crippen LogP) is 3.35. The van der Waals surface area contributed by atoms with Gasteiger partial charge in [0.1, 0.15) is 5.52 Å². The van der Waals surface area contributed by atoms with Crippen LogP contribution in [0.1, 0.15) is 29.3 Å². The number of esters is 1. The van der Waals surface area contributed by atoms with Gasteiger partial charge in [0.05, 0.1) is 5.56 Å². The van der Waals surface area contributed by atoms with Gasteiger partial charge in [0.15, 0.2) is 18.1 Å². The topological polar surface area (TPSA) is 72.6 Å². The molecule has 26 heavy (non-hydrogen) atoms. The van der Waals surface area contributed by atoms with Gasteiger partial charge in [-0.3, -0.25) is 4.79 Å². The number of amides is 1. The normalized spacial score (nSPS) is 14.7. The number of oxazole rings is 1. The molecule has 4 rings (SSSR count). The molecule has 1 unspecified atom stereocenters. The summed E-state index contributed by atoms with van der Waals surface area (Å²) in [6, 6.07) is 12.7. The summed E-state index contributed by atoms with van der Waals surface area (Å²) in [5, 5.41) is 0. The average Bonchev–Trinajstić information content (AvgIpc) is 3.14. The van der Waals surface area contributed by atoms with E-state index in [2.05, 4.69) is 4.98 Å². The van der Waals surface area contributed by atoms with Gasteiger partial charge in [-0.25, -0.2) is 9.78 Å². The van der Waals surface area contributed by atoms with E-state index in [9.17, 15) is 9.59 Å². The molecule has 1 aliphatic rings. The number of rotatable bonds is 3. The summed E-state index contributed by atoms with van der Waals surface area (Å²) < 4.78 is 10.6. The molecule has 0 spiro atoms. The van der Waals surface area contributed by atoms with Crippen LogP contribution in [0.2, 0.25) is 0 Å². The minimum atomic E-state index is -0.873. The number of para-hydroxylation sites is 1. The quantitative estimate of drug-likeness (QED) is 0.677. The Bertz CT molecular complexity index is 979. The van der Waals surface area contributed by atoms with Crippen LogP contribution in [0.25, 0.3) is 11.1 Å². The van der Waals surface area contributed by atoms with Gasteiger partial charge in [-0.1, -0.05) is 18.2 Å². The summed E-state index contributed by atoms with van der Waals surface area (Å²) >= 11 is 0. The molecule has 1 amide bonds. The van der Waals surface area contributed by atoms with E-state index in [1.807, 2.05) is 24.3 Å². The second kappa shape index (κ2) is 6.63. The number of fused-ring (bicyclic) bond motifs is 2. The maximum absolute atomic E-state index is 12.8. The third kappa shape index (κ3) is 2.94. The largest absolute Gasteiger partial charge is 0.449 e. The summed E-state index contributed by atoms with van der Waals surface area (Å²) in [5.41, 5.74) is 3.54. The summed E-state index contributed by atoms with van der Waals surface area (Å²) in [4.78, 5) is 31.0. The molecule has 0 N–H and O–H groups in total. The van der Waals surface area contributed by atoms with Crippen LogP contribution in [0.15, 0.2) is 53.3 Å². The van der Waals surface area contributed by atoms with Crippen LogP contribution in [0.4, 0.5) is 5.69 Å². The standard InChI is InChI=1S/C20H18N2O4/c1-13(19(23)22-10-4-6-14-5-2-3-7-17(14)22)26-20(24)15-8-9-18-16(11-15)21-12-25-18/h2-3,5,7-9,11-13H,4,6,10H2,1H3. The zero-order valence-electron chi connectivity index (χ0n) is 14.3. The Kier molecular flexibility index (Phi) is 4.16. The van der Waals surface area contributed by atoms with Gasteiger partial charge in [0.25, 0.3) is 5.91 Å². The minimum Gasteiger partial charge on any atom is -0.449 e. The Morgan fingerprint density at radius 1 is 1.23 bits per heavy atom. The van der Waals surface area contributed by atoms with Crippen molar-refractivity contribution in [2.45, 2.75) is 25.9 Å². The Morgan fingerprint density at radius 3 is 2.96 bits per heavy atom. The monoisotopic (exact) mass is 350 g/mol. The zero-order chi connectivity index (χ0) is 18.1. The highest BCUT2D eigenvalue weighted by atomic mass is 16.5. The molecule has 0 aliphatic carbocycles. The molecule has 0 saturated heterocycles. The number of ether oxygens (including phenoxy) is 1. The van der Waals surface area contributed by atoms with Crippen molar-refractivity contribution >= 4 is 28.7 Å². The predicted molar refractivity (Wildman–Crippen MR) is 96.0 cm³/mol. The van der Waals surface area contributed by atoms with Crippen molar-refractivity contribution in [2.24, 2.45) is 0 Å². The van der Waals surface area contributed by atoms with Gasteiger partial charge < -0.3 is 14.1 Å². The molecule has 0 fully saturated rings. The van der Waals surface area contributed by atoms with Gasteiger partial charge in [-0.05, 0) is 49.6 Å². The number of hydrogen-bond acceptors (Lipinski definition) is 5. The van der Waals surface area contributed by atoms with Crippen molar-refractivity contribution in [3.05, 3.63) is 60.0 Å². The Hall–Kier alpha value is -3.15. The lowest BCUT2D eigenvalue weighted by atomic mass is 10.0. The van der Waals surface area contributed by atoms with Crippen LogP contribution in [0, 0.1) is 0 Å². The first-order valence-electron chi connectivity index (χ1n) is 8.57. The molecular weight excluding hydrogens is 332 g/mol. The molecule has 132 valence electrons. The molecule has 1 aliphatic heterocycles. The van der Waals surface area contributed by atoms with Gasteiger partial charge in [-0.15, -0.1) is 0 Å². The fourth-order valence-corrected chi connectivity index (χ4v) is 3.25. The first-order chi connectivity index (χ1) is 12.6. The van der Waals surface area contributed by atoms with Crippen molar-refractivity contribution in [1.82, 2.24) is 4.98 Å². The van der Waals surface area contributed by atoms with Crippen LogP contribution in [-0.4, -0.2) is 29.5 Å². The number of carbonyl (C=O) groups excluding carboxylic acids is 2. The van der Waals surface area contributed by atoms with Crippen molar-refractivity contribution in [3.8, 4) is 0 Å². The van der Waals surface area contributed by atoms with Crippen molar-refractivity contribution in [1.29, 1.82) is 0 Å². The van der Waals surface area contributed by atoms with E-state index >= 15 is 0 Å². The molecular formula is C20H18N2O4. The molecule has 6 heteroatoms. The molecule has 0 saturated carbocycles. The average molecular weight is 350 g/mol. The molecule has 1 aromatic heterocycles. The number of hydrogen-bond donors (Lipinski definition) is 0. The van der Waals surface area contributed by atoms with Crippen LogP contribution in [-0.2, 0) is 16.0 Å². The Balaban J connectivity index is 1.50. The van der Waals surface area contributed by atoms with Crippen LogP contribution >= 0.6 is 0 Å². The van der Waals surface area contributed by atoms with E-state index in [-0.39, 0.29) is 5.91 Å². The molecule has 2 heterocycles. The lowest BCUT2D eigenvalue weighted by Crippen LogP contribution is -2.42. The lowest BCUT2D eigenvalue weighted by Gasteiger charge is -2.31. The van der Waals surface area contributed by atoms with E-state index < -0.39 is 12.1 Å². The highest BCUT2D eigenvalue weighted by molar-refractivity contribution is 6.00. The van der Waals surface area contributed by atoms with Gasteiger partial charge >= 0.3 is 5.97 Å². The molecule has 2 aromatic carbocycles. The number of nitrogens with zero attached hydrogens (tertiary/aromatic N) is 2. The second-order valence-corrected chi connectivity index (χ2v) is 6.30. The summed E-state index contributed by atoms with van der Waals surface area (Å²) in [7, 11) is 0. The smallest absolute Gasteiger partial charge is 0.338 e. The maximum atomic E-state index is 12.8. The number of aromatic nitrogens is 1. The van der Waals surface area contributed by atoms with Crippen LogP contribution < -0.4 is 4.90 Å². The molecule has 0 bridgehead atoms. The van der Waals surface area contributed by atoms with E-state index in [0.717, 1.165) is 24.1 Å². The molecule has 3 aromatic rings. The van der Waals surface area contributed by atoms with E-state index in [4.69, 9.17) is 9.15 Å². The maximum Gasteiger partial charge on any atom is 0.338 e. The van der Waals surface area contributed by atoms with Crippen LogP contribution in [0.5, 0.6) is 0 Å². The van der Waals surface area contributed by atoms with Gasteiger partial charge in [0, 0.05) is 12.2 Å². The highest BCUT2D eigenvalue weighted by Crippen LogP contribution is 2.27. The minimum absolute atomic E-state index is 0.215. The first-order valence-corrected chi connectivity index (χ1v) is 8.57. The summed E-state index contributed by atoms with van der Waals surface area (Å²) in [5.74, 6) is -0.769. The van der Waals surface area contributed by atoms with Gasteiger partial charge in [-0.2, -0.15) is 0 Å². The van der Waals surface area contributed by atoms with Crippen molar-refractivity contribution in [3.63, 3.8) is 0 Å². The third-order valence-electron chi connectivity index (χ3n) is 4.57. The SMILES string of the molecule is CC(OC(=O)c1ccc2ocnc2c1)C(=O)N1CCCc2ccccc21. The van der Waals surface area contributed by atoms with Gasteiger partial charge in [0.2, 0.25) is 0 Å². The fraction of sp³-hybridized carbons (Fsp3) is 0.250. The number of aryl methyl sites for hydroxylation is 1. The number of benzene rings is 2. The molecule has 0 radical (unpaired) electrons. The van der Waals surface area contributed by atoms with E-state index in [0.29, 0.717) is 23.2 Å². The number of anilines is 1. The van der Waals surface area contributed by atoms with Crippen molar-refractivity contribution in [2.75, 3.05) is 11.4 Å². The number of carbonyl (C=O) groups is 2. The van der Waals surface area contributed by atoms with E-state index in [1.165, 1.54) is 6.39 Å². The first kappa shape index (κ1) is 16.3. The highest BCUT2D eigenvalue weighted by Gasteiger charge is 2.28. The fourth-order valence-electron chi connectivity index (χ4n) is 3.25. The second-order valence-electron chi connectivity index (χ2n) is 6.30. The Morgan fingerprint density at radius 2 is 2.08 bits per heavy atom. The third-order valence-corrected chi connectivity index (χ3v) is 4.57. The molecule has 6 nitrogen and oxygen atoms in total. The molecule has 1 atom stereocenters. The summed E-state index contributed by atoms with van der Waals surface area (Å²) in [6.07, 6.45) is 2.29. The van der Waals surface area contributed by atoms with Crippen LogP contribution in [0.3, 0.4) is 0 Å². The van der Waals surface area contributed by atoms with E-state index in [1.54, 1.807) is 30.0 Å².